The molecule has 0 bridgehead atoms. The molecule has 2 heterocycles. The summed E-state index contributed by atoms with van der Waals surface area (Å²) in [5.41, 5.74) is 11.5. The third-order valence-electron chi connectivity index (χ3n) is 4.81. The molecule has 0 amide bonds. The largest absolute Gasteiger partial charge is 0.468 e. The maximum atomic E-state index is 11.3. The van der Waals surface area contributed by atoms with Crippen LogP contribution in [0.2, 0.25) is 0 Å². The molecule has 212 valence electrons. The molecule has 1 fully saturated rings. The van der Waals surface area contributed by atoms with Crippen LogP contribution in [0.3, 0.4) is 0 Å². The zero-order chi connectivity index (χ0) is 28.6. The predicted octanol–water partition coefficient (Wildman–Crippen LogP) is 3.63. The van der Waals surface area contributed by atoms with Crippen LogP contribution in [0.1, 0.15) is 85.1 Å². The van der Waals surface area contributed by atoms with Crippen LogP contribution in [-0.4, -0.2) is 35.0 Å². The van der Waals surface area contributed by atoms with Gasteiger partial charge in [-0.3, -0.25) is 9.59 Å². The maximum Gasteiger partial charge on any atom is 0.319 e. The molecule has 1 saturated carbocycles. The molecule has 10 nitrogen and oxygen atoms in total. The van der Waals surface area contributed by atoms with Crippen molar-refractivity contribution in [3.63, 3.8) is 0 Å². The normalized spacial score (nSPS) is 14.9. The van der Waals surface area contributed by atoms with Crippen molar-refractivity contribution in [2.75, 3.05) is 13.7 Å². The van der Waals surface area contributed by atoms with E-state index in [1.807, 2.05) is 20.8 Å². The summed E-state index contributed by atoms with van der Waals surface area (Å²) in [5.74, 6) is 7.17. The first-order valence-corrected chi connectivity index (χ1v) is 13.2. The average molecular weight is 522 g/mol. The number of aliphatic imine (C=N–C) groups is 1. The Hall–Kier alpha value is -3.11. The second-order valence-corrected chi connectivity index (χ2v) is 8.03. The number of allylic oxidation sites excluding steroid dienone is 1. The summed E-state index contributed by atoms with van der Waals surface area (Å²) < 4.78 is 5.66. The van der Waals surface area contributed by atoms with Crippen molar-refractivity contribution in [2.45, 2.75) is 86.1 Å². The number of nitrogens with zero attached hydrogens (tertiary/aromatic N) is 3. The Kier molecular flexibility index (Phi) is 22.7. The van der Waals surface area contributed by atoms with E-state index >= 15 is 0 Å². The Balaban J connectivity index is 0. The minimum Gasteiger partial charge on any atom is -0.468 e. The second-order valence-electron chi connectivity index (χ2n) is 8.03. The Labute approximate surface area is 223 Å². The lowest BCUT2D eigenvalue weighted by Gasteiger charge is -2.26. The first-order valence-electron chi connectivity index (χ1n) is 13.2. The van der Waals surface area contributed by atoms with Gasteiger partial charge in [0.05, 0.1) is 13.7 Å². The van der Waals surface area contributed by atoms with Crippen molar-refractivity contribution in [3.05, 3.63) is 58.0 Å². The van der Waals surface area contributed by atoms with Gasteiger partial charge in [-0.25, -0.2) is 15.8 Å². The van der Waals surface area contributed by atoms with Crippen molar-refractivity contribution < 1.29 is 9.53 Å². The van der Waals surface area contributed by atoms with Crippen LogP contribution in [0.5, 0.6) is 0 Å². The number of amidine groups is 1. The molecule has 0 unspecified atom stereocenters. The van der Waals surface area contributed by atoms with Crippen LogP contribution in [0.4, 0.5) is 0 Å². The summed E-state index contributed by atoms with van der Waals surface area (Å²) >= 11 is 0. The number of hydrogen-bond donors (Lipinski definition) is 4. The van der Waals surface area contributed by atoms with E-state index in [4.69, 9.17) is 17.3 Å². The molecule has 3 rings (SSSR count). The highest BCUT2D eigenvalue weighted by molar-refractivity contribution is 5.93. The van der Waals surface area contributed by atoms with E-state index in [-0.39, 0.29) is 18.1 Å². The zero-order valence-electron chi connectivity index (χ0n) is 24.0. The van der Waals surface area contributed by atoms with E-state index in [1.54, 1.807) is 31.5 Å². The lowest BCUT2D eigenvalue weighted by molar-refractivity contribution is -0.138. The van der Waals surface area contributed by atoms with E-state index in [1.165, 1.54) is 67.7 Å². The number of nitrogens with one attached hydrogen (secondary N) is 1. The summed E-state index contributed by atoms with van der Waals surface area (Å²) in [7, 11) is 3.01. The number of aryl methyl sites for hydroxylation is 1. The van der Waals surface area contributed by atoms with Gasteiger partial charge in [0.25, 0.3) is 0 Å². The fourth-order valence-corrected chi connectivity index (χ4v) is 2.98. The molecule has 1 aromatic heterocycles. The van der Waals surface area contributed by atoms with Crippen molar-refractivity contribution in [1.29, 1.82) is 0 Å². The summed E-state index contributed by atoms with van der Waals surface area (Å²) in [4.78, 5) is 25.3. The molecule has 0 saturated heterocycles. The Morgan fingerprint density at radius 2 is 1.65 bits per heavy atom. The van der Waals surface area contributed by atoms with Crippen molar-refractivity contribution in [3.8, 4) is 0 Å². The molecule has 0 spiro atoms. The molecule has 2 aliphatic rings. The van der Waals surface area contributed by atoms with Gasteiger partial charge in [-0.15, -0.1) is 0 Å². The number of rotatable bonds is 4. The van der Waals surface area contributed by atoms with Crippen LogP contribution < -0.4 is 28.2 Å². The van der Waals surface area contributed by atoms with Gasteiger partial charge in [0.1, 0.15) is 17.5 Å². The number of carbonyl (C=O) groups excluding carboxylic acids is 1. The number of esters is 1. The number of hydrazine groups is 1. The highest BCUT2D eigenvalue weighted by atomic mass is 16.5. The van der Waals surface area contributed by atoms with Crippen LogP contribution in [0.15, 0.2) is 51.9 Å². The standard InChI is InChI=1S/C13H18N6O.C6H12.C3H7NO2.C3H8.C2H6/c1-3-11-17-10(14)6-12(19(11)15)16-7-9-4-5-13(20)18(2)8-9;1-2-4-6-5-3-1;1-6-3(5)2-4;1-3-2;1-2/h3-6,8,16H,7,15H2,1-2H3,(H2,14,17);1-6H2;2,4H2,1H3;3H2,1-2H3;1-2H3/b11-3-;;;;. The lowest BCUT2D eigenvalue weighted by Crippen LogP contribution is -2.39. The lowest BCUT2D eigenvalue weighted by atomic mass is 10.0. The van der Waals surface area contributed by atoms with Crippen LogP contribution >= 0.6 is 0 Å². The average Bonchev–Trinajstić information content (AvgIpc) is 2.93. The number of hydrogen-bond acceptors (Lipinski definition) is 9. The van der Waals surface area contributed by atoms with Gasteiger partial charge >= 0.3 is 5.97 Å². The number of pyridine rings is 1. The molecule has 1 aromatic rings. The monoisotopic (exact) mass is 521 g/mol. The minimum atomic E-state index is -0.380. The molecule has 0 radical (unpaired) electrons. The molecule has 37 heavy (non-hydrogen) atoms. The van der Waals surface area contributed by atoms with Crippen LogP contribution in [-0.2, 0) is 23.1 Å². The zero-order valence-corrected chi connectivity index (χ0v) is 24.0. The fourth-order valence-electron chi connectivity index (χ4n) is 2.98. The molecular formula is C27H51N7O3. The number of carbonyl (C=O) groups is 1. The Bertz CT molecular complexity index is 871. The highest BCUT2D eigenvalue weighted by Gasteiger charge is 2.15. The summed E-state index contributed by atoms with van der Waals surface area (Å²) in [6, 6.07) is 3.30. The van der Waals surface area contributed by atoms with Gasteiger partial charge in [-0.05, 0) is 18.6 Å². The molecule has 1 aliphatic heterocycles. The third kappa shape index (κ3) is 17.1. The Morgan fingerprint density at radius 3 is 2.03 bits per heavy atom. The van der Waals surface area contributed by atoms with E-state index in [9.17, 15) is 9.59 Å². The van der Waals surface area contributed by atoms with Gasteiger partial charge in [-0.1, -0.05) is 78.7 Å². The molecule has 7 N–H and O–H groups in total. The second kappa shape index (κ2) is 23.3. The van der Waals surface area contributed by atoms with Gasteiger partial charge in [0, 0.05) is 31.9 Å². The van der Waals surface area contributed by atoms with E-state index in [0.717, 1.165) is 5.56 Å². The fraction of sp³-hybridized carbons (Fsp3) is 0.593. The molecule has 10 heteroatoms. The SMILES string of the molecule is C/C=C1/N=C(N)C=C(NCc2ccc(=O)n(C)c2)N1N.C1CCCCC1.CC.CCC.COC(=O)CN. The van der Waals surface area contributed by atoms with Crippen LogP contribution in [0, 0.1) is 0 Å². The van der Waals surface area contributed by atoms with Crippen LogP contribution in [0.25, 0.3) is 0 Å². The highest BCUT2D eigenvalue weighted by Crippen LogP contribution is 2.15. The van der Waals surface area contributed by atoms with Gasteiger partial charge in [-0.2, -0.15) is 0 Å². The number of methoxy groups -OCH3 is 1. The Morgan fingerprint density at radius 1 is 1.14 bits per heavy atom. The van der Waals surface area contributed by atoms with Crippen molar-refractivity contribution in [2.24, 2.45) is 29.4 Å². The number of nitrogens with two attached hydrogens (primary N) is 3. The number of aromatic nitrogens is 1. The molecule has 0 aromatic carbocycles. The van der Waals surface area contributed by atoms with Crippen molar-refractivity contribution >= 4 is 11.8 Å². The van der Waals surface area contributed by atoms with E-state index < -0.39 is 0 Å². The summed E-state index contributed by atoms with van der Waals surface area (Å²) in [6.07, 6.45) is 15.5. The first kappa shape index (κ1) is 36.0. The maximum absolute atomic E-state index is 11.3. The topological polar surface area (TPSA) is 154 Å². The predicted molar refractivity (Wildman–Crippen MR) is 154 cm³/mol. The quantitative estimate of drug-likeness (QED) is 0.346. The smallest absolute Gasteiger partial charge is 0.319 e. The van der Waals surface area contributed by atoms with Gasteiger partial charge < -0.3 is 26.1 Å². The van der Waals surface area contributed by atoms with E-state index in [0.29, 0.717) is 24.0 Å². The molecular weight excluding hydrogens is 470 g/mol. The summed E-state index contributed by atoms with van der Waals surface area (Å²) in [6.45, 7) is 10.6. The van der Waals surface area contributed by atoms with E-state index in [2.05, 4.69) is 28.9 Å². The third-order valence-corrected chi connectivity index (χ3v) is 4.81. The van der Waals surface area contributed by atoms with Gasteiger partial charge in [0.15, 0.2) is 0 Å². The molecule has 0 atom stereocenters. The van der Waals surface area contributed by atoms with Gasteiger partial charge in [0.2, 0.25) is 5.56 Å². The number of ether oxygens (including phenoxy) is 1. The van der Waals surface area contributed by atoms with Crippen molar-refractivity contribution in [1.82, 2.24) is 14.9 Å². The summed E-state index contributed by atoms with van der Waals surface area (Å²) in [5, 5.41) is 4.60. The minimum absolute atomic E-state index is 0.0312. The first-order chi connectivity index (χ1) is 17.7. The molecule has 1 aliphatic carbocycles.